The molecule has 2 aromatic rings. The van der Waals surface area contributed by atoms with E-state index in [1.807, 2.05) is 6.07 Å². The number of nitrogens with zero attached hydrogens (tertiary/aromatic N) is 3. The molecule has 0 unspecified atom stereocenters. The Labute approximate surface area is 103 Å². The van der Waals surface area contributed by atoms with Gasteiger partial charge in [-0.2, -0.15) is 10.4 Å². The molecular formula is C12H8ClN3O. The van der Waals surface area contributed by atoms with E-state index in [0.29, 0.717) is 22.6 Å². The monoisotopic (exact) mass is 245 g/mol. The number of rotatable bonds is 2. The normalized spacial score (nSPS) is 9.94. The van der Waals surface area contributed by atoms with Gasteiger partial charge in [-0.25, -0.2) is 4.68 Å². The van der Waals surface area contributed by atoms with Gasteiger partial charge in [0, 0.05) is 0 Å². The summed E-state index contributed by atoms with van der Waals surface area (Å²) in [6.45, 7) is 1.78. The molecule has 0 atom stereocenters. The van der Waals surface area contributed by atoms with Crippen molar-refractivity contribution in [1.29, 1.82) is 5.26 Å². The second kappa shape index (κ2) is 4.40. The number of aromatic nitrogens is 2. The van der Waals surface area contributed by atoms with Crippen LogP contribution in [0.5, 0.6) is 0 Å². The highest BCUT2D eigenvalue weighted by Gasteiger charge is 2.12. The smallest absolute Gasteiger partial charge is 0.270 e. The minimum atomic E-state index is -0.560. The molecule has 0 fully saturated rings. The van der Waals surface area contributed by atoms with Crippen molar-refractivity contribution >= 4 is 16.8 Å². The average Bonchev–Trinajstić information content (AvgIpc) is 2.72. The Kier molecular flexibility index (Phi) is 2.94. The summed E-state index contributed by atoms with van der Waals surface area (Å²) in [6.07, 6.45) is 0. The van der Waals surface area contributed by atoms with Crippen LogP contribution in [0.25, 0.3) is 5.69 Å². The quantitative estimate of drug-likeness (QED) is 0.764. The first-order chi connectivity index (χ1) is 8.11. The van der Waals surface area contributed by atoms with Gasteiger partial charge in [-0.15, -0.1) is 0 Å². The van der Waals surface area contributed by atoms with Crippen LogP contribution in [0.3, 0.4) is 0 Å². The van der Waals surface area contributed by atoms with Gasteiger partial charge in [-0.05, 0) is 48.9 Å². The van der Waals surface area contributed by atoms with Crippen molar-refractivity contribution in [3.63, 3.8) is 0 Å². The third kappa shape index (κ3) is 2.19. The van der Waals surface area contributed by atoms with Crippen LogP contribution < -0.4 is 0 Å². The summed E-state index contributed by atoms with van der Waals surface area (Å²) in [4.78, 5) is 11.2. The molecule has 1 aromatic carbocycles. The summed E-state index contributed by atoms with van der Waals surface area (Å²) in [7, 11) is 0. The fourth-order valence-corrected chi connectivity index (χ4v) is 1.65. The predicted octanol–water partition coefficient (Wildman–Crippen LogP) is 2.43. The second-order valence-electron chi connectivity index (χ2n) is 3.52. The zero-order valence-corrected chi connectivity index (χ0v) is 9.77. The largest absolute Gasteiger partial charge is 0.274 e. The Bertz CT molecular complexity index is 608. The van der Waals surface area contributed by atoms with Gasteiger partial charge in [0.2, 0.25) is 0 Å². The van der Waals surface area contributed by atoms with Crippen LogP contribution in [0.4, 0.5) is 0 Å². The van der Waals surface area contributed by atoms with Gasteiger partial charge in [-0.3, -0.25) is 4.79 Å². The van der Waals surface area contributed by atoms with Gasteiger partial charge in [0.25, 0.3) is 5.24 Å². The number of benzene rings is 1. The summed E-state index contributed by atoms with van der Waals surface area (Å²) in [6, 6.07) is 10.4. The number of aryl methyl sites for hydroxylation is 1. The zero-order chi connectivity index (χ0) is 12.4. The van der Waals surface area contributed by atoms with Crippen molar-refractivity contribution in [3.05, 3.63) is 47.3 Å². The molecule has 0 aliphatic rings. The van der Waals surface area contributed by atoms with Crippen molar-refractivity contribution in [1.82, 2.24) is 9.78 Å². The van der Waals surface area contributed by atoms with E-state index in [2.05, 4.69) is 5.10 Å². The maximum Gasteiger partial charge on any atom is 0.270 e. The van der Waals surface area contributed by atoms with Crippen LogP contribution in [-0.2, 0) is 0 Å². The number of halogens is 1. The highest BCUT2D eigenvalue weighted by molar-refractivity contribution is 6.67. The SMILES string of the molecule is Cc1cc(C(=O)Cl)n(-c2ccc(C#N)cc2)n1. The molecule has 1 heterocycles. The molecule has 0 bridgehead atoms. The molecule has 17 heavy (non-hydrogen) atoms. The number of carbonyl (C=O) groups is 1. The molecule has 0 saturated heterocycles. The maximum absolute atomic E-state index is 11.2. The second-order valence-corrected chi connectivity index (χ2v) is 3.86. The lowest BCUT2D eigenvalue weighted by Crippen LogP contribution is -2.04. The Morgan fingerprint density at radius 3 is 2.59 bits per heavy atom. The van der Waals surface area contributed by atoms with Crippen molar-refractivity contribution in [3.8, 4) is 11.8 Å². The number of hydrogen-bond acceptors (Lipinski definition) is 3. The van der Waals surface area contributed by atoms with E-state index in [1.54, 1.807) is 37.3 Å². The predicted molar refractivity (Wildman–Crippen MR) is 63.2 cm³/mol. The third-order valence-corrected chi connectivity index (χ3v) is 2.47. The highest BCUT2D eigenvalue weighted by atomic mass is 35.5. The zero-order valence-electron chi connectivity index (χ0n) is 9.01. The minimum Gasteiger partial charge on any atom is -0.274 e. The highest BCUT2D eigenvalue weighted by Crippen LogP contribution is 2.15. The molecule has 0 spiro atoms. The minimum absolute atomic E-state index is 0.314. The van der Waals surface area contributed by atoms with Crippen molar-refractivity contribution in [2.24, 2.45) is 0 Å². The lowest BCUT2D eigenvalue weighted by atomic mass is 10.2. The molecule has 0 saturated carbocycles. The maximum atomic E-state index is 11.2. The van der Waals surface area contributed by atoms with Crippen LogP contribution in [0, 0.1) is 18.3 Å². The van der Waals surface area contributed by atoms with Crippen molar-refractivity contribution in [2.45, 2.75) is 6.92 Å². The molecular weight excluding hydrogens is 238 g/mol. The number of hydrogen-bond donors (Lipinski definition) is 0. The van der Waals surface area contributed by atoms with Crippen LogP contribution in [0.2, 0.25) is 0 Å². The Morgan fingerprint density at radius 2 is 2.06 bits per heavy atom. The van der Waals surface area contributed by atoms with Gasteiger partial charge < -0.3 is 0 Å². The van der Waals surface area contributed by atoms with E-state index in [-0.39, 0.29) is 0 Å². The van der Waals surface area contributed by atoms with Gasteiger partial charge in [0.1, 0.15) is 5.69 Å². The molecule has 0 aliphatic heterocycles. The van der Waals surface area contributed by atoms with Crippen molar-refractivity contribution in [2.75, 3.05) is 0 Å². The third-order valence-electron chi connectivity index (χ3n) is 2.27. The summed E-state index contributed by atoms with van der Waals surface area (Å²) < 4.78 is 1.46. The Hall–Kier alpha value is -2.12. The van der Waals surface area contributed by atoms with Gasteiger partial charge >= 0.3 is 0 Å². The first kappa shape index (κ1) is 11.4. The molecule has 0 amide bonds. The van der Waals surface area contributed by atoms with E-state index in [0.717, 1.165) is 0 Å². The molecule has 0 N–H and O–H groups in total. The van der Waals surface area contributed by atoms with Crippen molar-refractivity contribution < 1.29 is 4.79 Å². The molecule has 1 aromatic heterocycles. The number of carbonyl (C=O) groups excluding carboxylic acids is 1. The average molecular weight is 246 g/mol. The molecule has 0 aliphatic carbocycles. The summed E-state index contributed by atoms with van der Waals surface area (Å²) in [5, 5.41) is 12.3. The van der Waals surface area contributed by atoms with Gasteiger partial charge in [-0.1, -0.05) is 0 Å². The topological polar surface area (TPSA) is 58.7 Å². The van der Waals surface area contributed by atoms with Crippen LogP contribution in [0.15, 0.2) is 30.3 Å². The fraction of sp³-hybridized carbons (Fsp3) is 0.0833. The standard InChI is InChI=1S/C12H8ClN3O/c1-8-6-11(12(13)17)16(15-8)10-4-2-9(7-14)3-5-10/h2-6H,1H3. The Morgan fingerprint density at radius 1 is 1.41 bits per heavy atom. The van der Waals surface area contributed by atoms with E-state index in [4.69, 9.17) is 16.9 Å². The number of nitriles is 1. The molecule has 4 nitrogen and oxygen atoms in total. The summed E-state index contributed by atoms with van der Waals surface area (Å²) in [5.41, 5.74) is 2.27. The molecule has 0 radical (unpaired) electrons. The van der Waals surface area contributed by atoms with Gasteiger partial charge in [0.05, 0.1) is 23.0 Å². The molecule has 84 valence electrons. The lowest BCUT2D eigenvalue weighted by Gasteiger charge is -2.03. The van der Waals surface area contributed by atoms with Crippen LogP contribution in [-0.4, -0.2) is 15.0 Å². The van der Waals surface area contributed by atoms with Gasteiger partial charge in [0.15, 0.2) is 0 Å². The van der Waals surface area contributed by atoms with Crippen LogP contribution >= 0.6 is 11.6 Å². The molecule has 5 heteroatoms. The van der Waals surface area contributed by atoms with Crippen LogP contribution in [0.1, 0.15) is 21.7 Å². The summed E-state index contributed by atoms with van der Waals surface area (Å²) >= 11 is 5.48. The van der Waals surface area contributed by atoms with E-state index >= 15 is 0 Å². The Balaban J connectivity index is 2.52. The fourth-order valence-electron chi connectivity index (χ4n) is 1.51. The summed E-state index contributed by atoms with van der Waals surface area (Å²) in [5.74, 6) is 0. The first-order valence-corrected chi connectivity index (χ1v) is 5.26. The van der Waals surface area contributed by atoms with E-state index in [1.165, 1.54) is 4.68 Å². The van der Waals surface area contributed by atoms with E-state index in [9.17, 15) is 4.79 Å². The lowest BCUT2D eigenvalue weighted by molar-refractivity contribution is 0.107. The van der Waals surface area contributed by atoms with E-state index < -0.39 is 5.24 Å². The molecule has 2 rings (SSSR count). The first-order valence-electron chi connectivity index (χ1n) is 4.89.